The highest BCUT2D eigenvalue weighted by Crippen LogP contribution is 2.29. The Morgan fingerprint density at radius 1 is 1.41 bits per heavy atom. The number of alkyl halides is 2. The lowest BCUT2D eigenvalue weighted by Crippen LogP contribution is -2.37. The third-order valence-electron chi connectivity index (χ3n) is 2.80. The smallest absolute Gasteiger partial charge is 0.257 e. The van der Waals surface area contributed by atoms with Crippen molar-refractivity contribution in [1.82, 2.24) is 4.90 Å². The number of halogens is 2. The molecule has 1 amide bonds. The van der Waals surface area contributed by atoms with Crippen molar-refractivity contribution in [1.29, 1.82) is 0 Å². The van der Waals surface area contributed by atoms with E-state index in [4.69, 9.17) is 27.9 Å². The highest BCUT2D eigenvalue weighted by molar-refractivity contribution is 6.53. The number of amides is 1. The lowest BCUT2D eigenvalue weighted by Gasteiger charge is -2.19. The molecule has 0 radical (unpaired) electrons. The predicted octanol–water partition coefficient (Wildman–Crippen LogP) is 2.74. The van der Waals surface area contributed by atoms with Gasteiger partial charge in [-0.1, -0.05) is 53.5 Å². The van der Waals surface area contributed by atoms with Gasteiger partial charge in [0.15, 0.2) is 4.84 Å². The monoisotopic (exact) mass is 273 g/mol. The number of benzene rings is 1. The number of carbonyl (C=O) groups is 1. The van der Waals surface area contributed by atoms with Crippen LogP contribution in [-0.2, 0) is 9.53 Å². The van der Waals surface area contributed by atoms with E-state index in [1.807, 2.05) is 37.3 Å². The van der Waals surface area contributed by atoms with Crippen molar-refractivity contribution in [2.24, 2.45) is 0 Å². The van der Waals surface area contributed by atoms with E-state index >= 15 is 0 Å². The standard InChI is InChI=1S/C12H13Cl2NO2/c1-8-15(12(16)11(13)14)7-10(17-8)9-5-3-2-4-6-9/h2-6,8,10-11H,7H2,1H3. The molecule has 3 nitrogen and oxygen atoms in total. The zero-order valence-corrected chi connectivity index (χ0v) is 10.9. The Labute approximate surface area is 110 Å². The lowest BCUT2D eigenvalue weighted by atomic mass is 10.1. The van der Waals surface area contributed by atoms with Gasteiger partial charge in [0.1, 0.15) is 12.3 Å². The van der Waals surface area contributed by atoms with Gasteiger partial charge in [-0.05, 0) is 12.5 Å². The van der Waals surface area contributed by atoms with Crippen LogP contribution in [0.1, 0.15) is 18.6 Å². The minimum atomic E-state index is -1.03. The van der Waals surface area contributed by atoms with Gasteiger partial charge in [0, 0.05) is 0 Å². The second kappa shape index (κ2) is 5.25. The zero-order chi connectivity index (χ0) is 12.4. The first-order valence-corrected chi connectivity index (χ1v) is 6.26. The van der Waals surface area contributed by atoms with Gasteiger partial charge in [0.05, 0.1) is 6.54 Å². The molecule has 2 atom stereocenters. The molecule has 1 heterocycles. The van der Waals surface area contributed by atoms with Crippen LogP contribution in [0.3, 0.4) is 0 Å². The molecule has 0 spiro atoms. The van der Waals surface area contributed by atoms with E-state index in [0.717, 1.165) is 5.56 Å². The number of ether oxygens (including phenoxy) is 1. The maximum atomic E-state index is 11.7. The first-order valence-electron chi connectivity index (χ1n) is 5.38. The number of hydrogen-bond acceptors (Lipinski definition) is 2. The molecule has 0 aromatic heterocycles. The van der Waals surface area contributed by atoms with Crippen LogP contribution in [0.5, 0.6) is 0 Å². The number of hydrogen-bond donors (Lipinski definition) is 0. The summed E-state index contributed by atoms with van der Waals surface area (Å²) in [5.74, 6) is -0.306. The van der Waals surface area contributed by atoms with Crippen LogP contribution in [-0.4, -0.2) is 28.4 Å². The van der Waals surface area contributed by atoms with Crippen LogP contribution in [0, 0.1) is 0 Å². The molecule has 1 aliphatic rings. The fourth-order valence-corrected chi connectivity index (χ4v) is 2.18. The van der Waals surface area contributed by atoms with Crippen LogP contribution in [0.15, 0.2) is 30.3 Å². The zero-order valence-electron chi connectivity index (χ0n) is 9.35. The minimum Gasteiger partial charge on any atom is -0.349 e. The van der Waals surface area contributed by atoms with E-state index in [1.54, 1.807) is 4.90 Å². The average Bonchev–Trinajstić information content (AvgIpc) is 2.71. The van der Waals surface area contributed by atoms with Crippen molar-refractivity contribution in [3.63, 3.8) is 0 Å². The van der Waals surface area contributed by atoms with Gasteiger partial charge in [-0.2, -0.15) is 0 Å². The summed E-state index contributed by atoms with van der Waals surface area (Å²) in [7, 11) is 0. The van der Waals surface area contributed by atoms with E-state index < -0.39 is 4.84 Å². The van der Waals surface area contributed by atoms with Crippen molar-refractivity contribution >= 4 is 29.1 Å². The minimum absolute atomic E-state index is 0.109. The molecule has 1 aliphatic heterocycles. The van der Waals surface area contributed by atoms with Gasteiger partial charge < -0.3 is 9.64 Å². The van der Waals surface area contributed by atoms with Gasteiger partial charge in [0.25, 0.3) is 5.91 Å². The van der Waals surface area contributed by atoms with Crippen molar-refractivity contribution in [2.75, 3.05) is 6.54 Å². The maximum absolute atomic E-state index is 11.7. The molecule has 2 rings (SSSR count). The van der Waals surface area contributed by atoms with Crippen LogP contribution in [0.4, 0.5) is 0 Å². The molecule has 1 aromatic rings. The molecular weight excluding hydrogens is 261 g/mol. The van der Waals surface area contributed by atoms with E-state index in [2.05, 4.69) is 0 Å². The normalized spacial score (nSPS) is 24.4. The molecule has 0 bridgehead atoms. The van der Waals surface area contributed by atoms with Crippen molar-refractivity contribution < 1.29 is 9.53 Å². The molecule has 17 heavy (non-hydrogen) atoms. The van der Waals surface area contributed by atoms with Gasteiger partial charge in [-0.15, -0.1) is 0 Å². The molecule has 0 saturated carbocycles. The van der Waals surface area contributed by atoms with Crippen LogP contribution >= 0.6 is 23.2 Å². The Bertz CT molecular complexity index is 397. The molecule has 1 saturated heterocycles. The summed E-state index contributed by atoms with van der Waals surface area (Å²) in [5.41, 5.74) is 1.05. The second-order valence-electron chi connectivity index (χ2n) is 3.93. The summed E-state index contributed by atoms with van der Waals surface area (Å²) >= 11 is 11.2. The van der Waals surface area contributed by atoms with Gasteiger partial charge >= 0.3 is 0 Å². The third kappa shape index (κ3) is 2.73. The summed E-state index contributed by atoms with van der Waals surface area (Å²) in [6.07, 6.45) is -0.407. The topological polar surface area (TPSA) is 29.5 Å². The molecule has 0 aliphatic carbocycles. The Balaban J connectivity index is 2.10. The molecular formula is C12H13Cl2NO2. The van der Waals surface area contributed by atoms with Gasteiger partial charge in [0.2, 0.25) is 0 Å². The molecule has 2 unspecified atom stereocenters. The number of carbonyl (C=O) groups excluding carboxylic acids is 1. The van der Waals surface area contributed by atoms with Crippen molar-refractivity contribution in [3.05, 3.63) is 35.9 Å². The van der Waals surface area contributed by atoms with Crippen molar-refractivity contribution in [3.8, 4) is 0 Å². The molecule has 1 fully saturated rings. The van der Waals surface area contributed by atoms with E-state index in [-0.39, 0.29) is 18.2 Å². The quantitative estimate of drug-likeness (QED) is 0.776. The fourth-order valence-electron chi connectivity index (χ4n) is 1.93. The molecule has 92 valence electrons. The summed E-state index contributed by atoms with van der Waals surface area (Å²) in [5, 5.41) is 0. The number of nitrogens with zero attached hydrogens (tertiary/aromatic N) is 1. The molecule has 5 heteroatoms. The predicted molar refractivity (Wildman–Crippen MR) is 66.9 cm³/mol. The third-order valence-corrected chi connectivity index (χ3v) is 3.18. The highest BCUT2D eigenvalue weighted by Gasteiger charge is 2.35. The summed E-state index contributed by atoms with van der Waals surface area (Å²) in [4.78, 5) is 12.2. The Morgan fingerprint density at radius 3 is 2.65 bits per heavy atom. The van der Waals surface area contributed by atoms with Gasteiger partial charge in [-0.3, -0.25) is 4.79 Å². The first-order chi connectivity index (χ1) is 8.09. The average molecular weight is 274 g/mol. The van der Waals surface area contributed by atoms with Gasteiger partial charge in [-0.25, -0.2) is 0 Å². The fraction of sp³-hybridized carbons (Fsp3) is 0.417. The highest BCUT2D eigenvalue weighted by atomic mass is 35.5. The number of rotatable bonds is 2. The molecule has 1 aromatic carbocycles. The van der Waals surface area contributed by atoms with Crippen molar-refractivity contribution in [2.45, 2.75) is 24.1 Å². The van der Waals surface area contributed by atoms with E-state index in [1.165, 1.54) is 0 Å². The second-order valence-corrected chi connectivity index (χ2v) is 5.02. The Morgan fingerprint density at radius 2 is 2.06 bits per heavy atom. The lowest BCUT2D eigenvalue weighted by molar-refractivity contribution is -0.133. The Kier molecular flexibility index (Phi) is 3.92. The Hall–Kier alpha value is -0.770. The maximum Gasteiger partial charge on any atom is 0.257 e. The first kappa shape index (κ1) is 12.7. The van der Waals surface area contributed by atoms with E-state index in [0.29, 0.717) is 6.54 Å². The summed E-state index contributed by atoms with van der Waals surface area (Å²) in [6, 6.07) is 9.78. The van der Waals surface area contributed by atoms with Crippen LogP contribution < -0.4 is 0 Å². The summed E-state index contributed by atoms with van der Waals surface area (Å²) < 4.78 is 5.72. The summed E-state index contributed by atoms with van der Waals surface area (Å²) in [6.45, 7) is 2.30. The largest absolute Gasteiger partial charge is 0.349 e. The molecule has 0 N–H and O–H groups in total. The van der Waals surface area contributed by atoms with Crippen LogP contribution in [0.25, 0.3) is 0 Å². The SMILES string of the molecule is CC1OC(c2ccccc2)CN1C(=O)C(Cl)Cl. The van der Waals surface area contributed by atoms with E-state index in [9.17, 15) is 4.79 Å². The van der Waals surface area contributed by atoms with Crippen LogP contribution in [0.2, 0.25) is 0 Å².